The number of aromatic nitrogens is 2. The molecule has 0 fully saturated rings. The number of carbonyl (C=O) groups excluding carboxylic acids is 2. The van der Waals surface area contributed by atoms with Gasteiger partial charge in [-0.05, 0) is 51.7 Å². The van der Waals surface area contributed by atoms with Crippen molar-refractivity contribution in [2.75, 3.05) is 31.3 Å². The first kappa shape index (κ1) is 22.0. The van der Waals surface area contributed by atoms with Crippen LogP contribution in [0.1, 0.15) is 13.8 Å². The van der Waals surface area contributed by atoms with Crippen molar-refractivity contribution in [3.05, 3.63) is 54.9 Å². The maximum atomic E-state index is 12.1. The van der Waals surface area contributed by atoms with Gasteiger partial charge in [0.05, 0.1) is 18.0 Å². The number of nitrogens with one attached hydrogen (secondary N) is 3. The number of ether oxygens (including phenoxy) is 1. The Balaban J connectivity index is 1.80. The summed E-state index contributed by atoms with van der Waals surface area (Å²) in [6.45, 7) is 4.26. The molecule has 0 radical (unpaired) electrons. The van der Waals surface area contributed by atoms with Crippen LogP contribution >= 0.6 is 0 Å². The molecule has 0 aliphatic heterocycles. The molecule has 0 aliphatic carbocycles. The van der Waals surface area contributed by atoms with Crippen LogP contribution in [0.25, 0.3) is 22.2 Å². The molecule has 8 heteroatoms. The number of nitrogens with zero attached hydrogens (tertiary/aromatic N) is 2. The molecule has 0 atom stereocenters. The van der Waals surface area contributed by atoms with Crippen molar-refractivity contribution in [3.8, 4) is 11.1 Å². The van der Waals surface area contributed by atoms with Crippen LogP contribution in [0.5, 0.6) is 0 Å². The lowest BCUT2D eigenvalue weighted by Crippen LogP contribution is -2.18. The predicted molar refractivity (Wildman–Crippen MR) is 123 cm³/mol. The maximum absolute atomic E-state index is 12.1. The lowest BCUT2D eigenvalue weighted by Gasteiger charge is -2.09. The number of hydrogen-bond donors (Lipinski definition) is 3. The van der Waals surface area contributed by atoms with Crippen molar-refractivity contribution in [1.29, 1.82) is 0 Å². The second kappa shape index (κ2) is 9.90. The van der Waals surface area contributed by atoms with Gasteiger partial charge in [-0.1, -0.05) is 18.2 Å². The smallest absolute Gasteiger partial charge is 0.411 e. The fourth-order valence-electron chi connectivity index (χ4n) is 2.99. The Morgan fingerprint density at radius 1 is 1.19 bits per heavy atom. The summed E-state index contributed by atoms with van der Waals surface area (Å²) in [6.07, 6.45) is 6.02. The van der Waals surface area contributed by atoms with Gasteiger partial charge in [0.2, 0.25) is 5.91 Å². The molecule has 2 amide bonds. The second-order valence-electron chi connectivity index (χ2n) is 7.64. The second-order valence-corrected chi connectivity index (χ2v) is 7.64. The molecule has 3 N–H and O–H groups in total. The molecule has 2 heterocycles. The highest BCUT2D eigenvalue weighted by Crippen LogP contribution is 2.31. The monoisotopic (exact) mass is 421 g/mol. The van der Waals surface area contributed by atoms with Crippen LogP contribution in [0.4, 0.5) is 16.2 Å². The fourth-order valence-corrected chi connectivity index (χ4v) is 2.99. The van der Waals surface area contributed by atoms with Gasteiger partial charge < -0.3 is 19.9 Å². The first-order valence-electron chi connectivity index (χ1n) is 9.99. The lowest BCUT2D eigenvalue weighted by molar-refractivity contribution is -0.111. The zero-order chi connectivity index (χ0) is 22.4. The minimum atomic E-state index is -0.528. The number of aromatic amines is 1. The largest absolute Gasteiger partial charge is 0.447 e. The molecule has 3 rings (SSSR count). The van der Waals surface area contributed by atoms with Gasteiger partial charge in [0.1, 0.15) is 5.65 Å². The maximum Gasteiger partial charge on any atom is 0.411 e. The van der Waals surface area contributed by atoms with Crippen molar-refractivity contribution >= 4 is 34.4 Å². The molecule has 31 heavy (non-hydrogen) atoms. The highest BCUT2D eigenvalue weighted by molar-refractivity contribution is 6.01. The van der Waals surface area contributed by atoms with Crippen molar-refractivity contribution < 1.29 is 14.3 Å². The van der Waals surface area contributed by atoms with Crippen LogP contribution in [0.2, 0.25) is 0 Å². The Morgan fingerprint density at radius 2 is 2.00 bits per heavy atom. The Morgan fingerprint density at radius 3 is 2.74 bits per heavy atom. The highest BCUT2D eigenvalue weighted by Gasteiger charge is 2.11. The molecule has 0 saturated carbocycles. The average molecular weight is 422 g/mol. The summed E-state index contributed by atoms with van der Waals surface area (Å²) in [6, 6.07) is 9.40. The van der Waals surface area contributed by atoms with E-state index in [1.807, 2.05) is 61.6 Å². The third-order valence-corrected chi connectivity index (χ3v) is 4.30. The van der Waals surface area contributed by atoms with Gasteiger partial charge in [0, 0.05) is 35.5 Å². The minimum Gasteiger partial charge on any atom is -0.447 e. The van der Waals surface area contributed by atoms with E-state index in [-0.39, 0.29) is 12.0 Å². The molecule has 0 bridgehead atoms. The van der Waals surface area contributed by atoms with Crippen molar-refractivity contribution in [2.45, 2.75) is 20.0 Å². The molecule has 2 aromatic heterocycles. The van der Waals surface area contributed by atoms with Crippen molar-refractivity contribution in [1.82, 2.24) is 14.9 Å². The average Bonchev–Trinajstić information content (AvgIpc) is 3.10. The van der Waals surface area contributed by atoms with E-state index >= 15 is 0 Å². The zero-order valence-electron chi connectivity index (χ0n) is 18.1. The Kier molecular flexibility index (Phi) is 7.04. The molecule has 0 aliphatic rings. The number of carbonyl (C=O) groups is 2. The summed E-state index contributed by atoms with van der Waals surface area (Å²) in [7, 11) is 3.88. The first-order chi connectivity index (χ1) is 14.8. The van der Waals surface area contributed by atoms with Crippen LogP contribution in [0.15, 0.2) is 54.9 Å². The third-order valence-electron chi connectivity index (χ3n) is 4.30. The molecule has 162 valence electrons. The molecular formula is C23H27N5O3. The molecule has 0 unspecified atom stereocenters. The van der Waals surface area contributed by atoms with Gasteiger partial charge >= 0.3 is 6.09 Å². The van der Waals surface area contributed by atoms with Crippen molar-refractivity contribution in [3.63, 3.8) is 0 Å². The number of rotatable bonds is 7. The first-order valence-corrected chi connectivity index (χ1v) is 9.99. The van der Waals surface area contributed by atoms with E-state index in [1.165, 1.54) is 6.08 Å². The summed E-state index contributed by atoms with van der Waals surface area (Å²) in [4.78, 5) is 33.5. The number of H-pyrrole nitrogens is 1. The zero-order valence-corrected chi connectivity index (χ0v) is 18.1. The number of likely N-dealkylation sites (N-methyl/N-ethyl adjacent to an activating group) is 1. The van der Waals surface area contributed by atoms with Crippen LogP contribution < -0.4 is 10.6 Å². The molecule has 1 aromatic carbocycles. The Bertz CT molecular complexity index is 1100. The summed E-state index contributed by atoms with van der Waals surface area (Å²) in [5.74, 6) is -0.185. The van der Waals surface area contributed by atoms with E-state index in [9.17, 15) is 9.59 Å². The van der Waals surface area contributed by atoms with Gasteiger partial charge in [-0.2, -0.15) is 0 Å². The van der Waals surface area contributed by atoms with Gasteiger partial charge in [0.25, 0.3) is 0 Å². The fraction of sp³-hybridized carbons (Fsp3) is 0.261. The number of fused-ring (bicyclic) bond motifs is 1. The van der Waals surface area contributed by atoms with Crippen LogP contribution in [0.3, 0.4) is 0 Å². The Hall–Kier alpha value is -3.65. The van der Waals surface area contributed by atoms with E-state index in [1.54, 1.807) is 20.0 Å². The van der Waals surface area contributed by atoms with Crippen molar-refractivity contribution in [2.24, 2.45) is 0 Å². The van der Waals surface area contributed by atoms with E-state index in [2.05, 4.69) is 20.6 Å². The number of benzene rings is 1. The van der Waals surface area contributed by atoms with E-state index in [0.29, 0.717) is 23.6 Å². The lowest BCUT2D eigenvalue weighted by atomic mass is 10.0. The van der Waals surface area contributed by atoms with Gasteiger partial charge in [-0.15, -0.1) is 0 Å². The summed E-state index contributed by atoms with van der Waals surface area (Å²) < 4.78 is 5.12. The summed E-state index contributed by atoms with van der Waals surface area (Å²) in [5, 5.41) is 6.42. The normalized spacial score (nSPS) is 11.4. The number of pyridine rings is 1. The Labute approximate surface area is 181 Å². The highest BCUT2D eigenvalue weighted by atomic mass is 16.6. The van der Waals surface area contributed by atoms with Gasteiger partial charge in [-0.25, -0.2) is 9.78 Å². The van der Waals surface area contributed by atoms with E-state index < -0.39 is 6.09 Å². The van der Waals surface area contributed by atoms with Gasteiger partial charge in [-0.3, -0.25) is 10.1 Å². The number of anilines is 2. The molecule has 0 saturated heterocycles. The molecule has 3 aromatic rings. The summed E-state index contributed by atoms with van der Waals surface area (Å²) >= 11 is 0. The van der Waals surface area contributed by atoms with Crippen LogP contribution in [-0.4, -0.2) is 53.6 Å². The molecule has 8 nitrogen and oxygen atoms in total. The topological polar surface area (TPSA) is 99.3 Å². The third kappa shape index (κ3) is 6.16. The standard InChI is InChI=1S/C23H27N5O3/c1-15(2)31-23(30)27-18-12-19-20(14-25-22(19)24-13-18)16-7-5-8-17(11-16)26-21(29)9-6-10-28(3)4/h5-9,11-15H,10H2,1-4H3,(H,24,25)(H,26,29)(H,27,30)/b9-6+. The van der Waals surface area contributed by atoms with Crippen LogP contribution in [-0.2, 0) is 9.53 Å². The summed E-state index contributed by atoms with van der Waals surface area (Å²) in [5.41, 5.74) is 3.73. The molecular weight excluding hydrogens is 394 g/mol. The van der Waals surface area contributed by atoms with E-state index in [0.717, 1.165) is 16.5 Å². The quantitative estimate of drug-likeness (QED) is 0.496. The minimum absolute atomic E-state index is 0.185. The van der Waals surface area contributed by atoms with Gasteiger partial charge in [0.15, 0.2) is 0 Å². The number of hydrogen-bond acceptors (Lipinski definition) is 5. The molecule has 0 spiro atoms. The van der Waals surface area contributed by atoms with E-state index in [4.69, 9.17) is 4.74 Å². The number of amides is 2. The van der Waals surface area contributed by atoms with Crippen LogP contribution in [0, 0.1) is 0 Å². The SMILES string of the molecule is CC(C)OC(=O)Nc1cnc2[nH]cc(-c3cccc(NC(=O)/C=C/CN(C)C)c3)c2c1. The predicted octanol–water partition coefficient (Wildman–Crippen LogP) is 4.24.